The zero-order valence-corrected chi connectivity index (χ0v) is 27.7. The molecule has 0 aliphatic carbocycles. The van der Waals surface area contributed by atoms with Crippen molar-refractivity contribution in [2.45, 2.75) is 214 Å². The zero-order valence-electron chi connectivity index (χ0n) is 27.7. The first-order valence-corrected chi connectivity index (χ1v) is 18.4. The summed E-state index contributed by atoms with van der Waals surface area (Å²) < 4.78 is 0. The van der Waals surface area contributed by atoms with Crippen molar-refractivity contribution in [3.8, 4) is 0 Å². The summed E-state index contributed by atoms with van der Waals surface area (Å²) >= 11 is 0. The van der Waals surface area contributed by atoms with Crippen LogP contribution >= 0.6 is 0 Å². The van der Waals surface area contributed by atoms with Crippen molar-refractivity contribution in [2.24, 2.45) is 0 Å². The summed E-state index contributed by atoms with van der Waals surface area (Å²) in [5.41, 5.74) is 6.89. The van der Waals surface area contributed by atoms with E-state index in [9.17, 15) is 0 Å². The van der Waals surface area contributed by atoms with Gasteiger partial charge in [-0.05, 0) is 67.2 Å². The molecule has 0 aromatic heterocycles. The van der Waals surface area contributed by atoms with Gasteiger partial charge < -0.3 is 0 Å². The molecule has 0 saturated heterocycles. The van der Waals surface area contributed by atoms with Gasteiger partial charge >= 0.3 is 0 Å². The highest BCUT2D eigenvalue weighted by Crippen LogP contribution is 2.26. The smallest absolute Gasteiger partial charge is 0.0273 e. The van der Waals surface area contributed by atoms with E-state index in [1.165, 1.54) is 186 Å². The molecule has 39 heavy (non-hydrogen) atoms. The molecule has 0 fully saturated rings. The minimum absolute atomic E-state index is 1.26. The van der Waals surface area contributed by atoms with Crippen molar-refractivity contribution in [1.82, 2.24) is 0 Å². The Morgan fingerprint density at radius 1 is 0.308 bits per heavy atom. The summed E-state index contributed by atoms with van der Waals surface area (Å²) in [6.07, 6.45) is 40.7. The van der Waals surface area contributed by atoms with Crippen molar-refractivity contribution in [3.63, 3.8) is 0 Å². The van der Waals surface area contributed by atoms with Crippen LogP contribution < -0.4 is 0 Å². The van der Waals surface area contributed by atoms with E-state index < -0.39 is 0 Å². The van der Waals surface area contributed by atoms with Crippen LogP contribution in [0.5, 0.6) is 0 Å². The predicted molar refractivity (Wildman–Crippen MR) is 179 cm³/mol. The topological polar surface area (TPSA) is 0 Å². The summed E-state index contributed by atoms with van der Waals surface area (Å²) in [6, 6.07) is 5.28. The van der Waals surface area contributed by atoms with Gasteiger partial charge in [0.05, 0.1) is 0 Å². The lowest BCUT2D eigenvalue weighted by atomic mass is 9.87. The van der Waals surface area contributed by atoms with Crippen molar-refractivity contribution >= 4 is 0 Å². The Hall–Kier alpha value is -0.780. The van der Waals surface area contributed by atoms with E-state index in [1.807, 2.05) is 0 Å². The van der Waals surface area contributed by atoms with Gasteiger partial charge in [0.2, 0.25) is 0 Å². The van der Waals surface area contributed by atoms with Gasteiger partial charge in [-0.2, -0.15) is 0 Å². The molecule has 0 heteroatoms. The third-order valence-electron chi connectivity index (χ3n) is 8.91. The maximum atomic E-state index is 2.64. The number of hydrogen-bond donors (Lipinski definition) is 0. The van der Waals surface area contributed by atoms with Gasteiger partial charge in [-0.15, -0.1) is 0 Å². The van der Waals surface area contributed by atoms with Crippen LogP contribution in [0.25, 0.3) is 0 Å². The second-order valence-electron chi connectivity index (χ2n) is 12.8. The number of hydrogen-bond acceptors (Lipinski definition) is 0. The highest BCUT2D eigenvalue weighted by Gasteiger charge is 2.12. The molecule has 1 aromatic carbocycles. The summed E-state index contributed by atoms with van der Waals surface area (Å²) in [5, 5.41) is 0. The Morgan fingerprint density at radius 2 is 0.615 bits per heavy atom. The van der Waals surface area contributed by atoms with Crippen LogP contribution in [0.4, 0.5) is 0 Å². The quantitative estimate of drug-likeness (QED) is 0.0886. The molecule has 1 rings (SSSR count). The number of rotatable bonds is 29. The molecule has 0 aliphatic heterocycles. The number of benzene rings is 1. The monoisotopic (exact) mass is 541 g/mol. The molecule has 0 nitrogen and oxygen atoms in total. The molecule has 0 unspecified atom stereocenters. The zero-order chi connectivity index (χ0) is 28.2. The maximum Gasteiger partial charge on any atom is -0.0273 e. The molecule has 0 spiro atoms. The largest absolute Gasteiger partial charge is 0.0654 e. The molecular formula is C39H72. The van der Waals surface area contributed by atoms with Crippen LogP contribution in [-0.4, -0.2) is 0 Å². The molecule has 0 N–H and O–H groups in total. The van der Waals surface area contributed by atoms with Crippen molar-refractivity contribution in [1.29, 1.82) is 0 Å². The molecule has 0 heterocycles. The molecule has 228 valence electrons. The fraction of sp³-hybridized carbons (Fsp3) is 0.846. The highest BCUT2D eigenvalue weighted by atomic mass is 14.2. The van der Waals surface area contributed by atoms with Gasteiger partial charge in [0.25, 0.3) is 0 Å². The van der Waals surface area contributed by atoms with E-state index in [0.717, 1.165) is 0 Å². The van der Waals surface area contributed by atoms with Gasteiger partial charge in [-0.1, -0.05) is 181 Å². The molecule has 0 saturated carbocycles. The SMILES string of the molecule is CCCCCCCCCCc1cc(CCC)cc(CCCCCCCCCC)c1CCCCCCCCCC. The molecule has 1 aromatic rings. The Kier molecular flexibility index (Phi) is 25.5. The fourth-order valence-corrected chi connectivity index (χ4v) is 6.40. The third-order valence-corrected chi connectivity index (χ3v) is 8.91. The second-order valence-corrected chi connectivity index (χ2v) is 12.8. The molecule has 0 atom stereocenters. The summed E-state index contributed by atoms with van der Waals surface area (Å²) in [5.74, 6) is 0. The Morgan fingerprint density at radius 3 is 0.949 bits per heavy atom. The Bertz CT molecular complexity index is 600. The lowest BCUT2D eigenvalue weighted by molar-refractivity contribution is 0.567. The second kappa shape index (κ2) is 27.4. The average molecular weight is 541 g/mol. The van der Waals surface area contributed by atoms with Crippen LogP contribution in [0.2, 0.25) is 0 Å². The first-order chi connectivity index (χ1) is 19.3. The number of unbranched alkanes of at least 4 members (excludes halogenated alkanes) is 21. The first-order valence-electron chi connectivity index (χ1n) is 18.4. The van der Waals surface area contributed by atoms with Gasteiger partial charge in [0, 0.05) is 0 Å². The predicted octanol–water partition coefficient (Wildman–Crippen LogP) is 13.7. The minimum atomic E-state index is 1.26. The molecule has 0 radical (unpaired) electrons. The average Bonchev–Trinajstić information content (AvgIpc) is 2.94. The van der Waals surface area contributed by atoms with Crippen LogP contribution in [0.1, 0.15) is 210 Å². The highest BCUT2D eigenvalue weighted by molar-refractivity contribution is 5.40. The van der Waals surface area contributed by atoms with E-state index in [4.69, 9.17) is 0 Å². The summed E-state index contributed by atoms with van der Waals surface area (Å²) in [6.45, 7) is 9.31. The molecule has 0 aliphatic rings. The van der Waals surface area contributed by atoms with Gasteiger partial charge in [-0.3, -0.25) is 0 Å². The molecular weight excluding hydrogens is 468 g/mol. The van der Waals surface area contributed by atoms with Crippen LogP contribution in [0.3, 0.4) is 0 Å². The van der Waals surface area contributed by atoms with E-state index in [0.29, 0.717) is 0 Å². The Balaban J connectivity index is 2.71. The third kappa shape index (κ3) is 19.9. The van der Waals surface area contributed by atoms with Crippen LogP contribution in [0.15, 0.2) is 12.1 Å². The van der Waals surface area contributed by atoms with Gasteiger partial charge in [0.15, 0.2) is 0 Å². The fourth-order valence-electron chi connectivity index (χ4n) is 6.40. The number of aryl methyl sites for hydroxylation is 3. The summed E-state index contributed by atoms with van der Waals surface area (Å²) in [4.78, 5) is 0. The minimum Gasteiger partial charge on any atom is -0.0654 e. The standard InChI is InChI=1S/C39H72/c1-5-9-12-15-18-21-24-27-31-37-34-36(30-8-4)35-38(32-28-25-22-19-16-13-10-6-2)39(37)33-29-26-23-20-17-14-11-7-3/h34-35H,5-33H2,1-4H3. The van der Waals surface area contributed by atoms with E-state index in [2.05, 4.69) is 39.8 Å². The van der Waals surface area contributed by atoms with Crippen LogP contribution in [0, 0.1) is 0 Å². The van der Waals surface area contributed by atoms with Crippen LogP contribution in [-0.2, 0) is 25.7 Å². The van der Waals surface area contributed by atoms with E-state index >= 15 is 0 Å². The lowest BCUT2D eigenvalue weighted by Gasteiger charge is -2.18. The molecule has 0 bridgehead atoms. The Labute approximate surface area is 247 Å². The summed E-state index contributed by atoms with van der Waals surface area (Å²) in [7, 11) is 0. The maximum absolute atomic E-state index is 2.64. The normalized spacial score (nSPS) is 11.5. The first kappa shape index (κ1) is 36.2. The van der Waals surface area contributed by atoms with E-state index in [1.54, 1.807) is 22.3 Å². The van der Waals surface area contributed by atoms with Crippen molar-refractivity contribution in [3.05, 3.63) is 34.4 Å². The van der Waals surface area contributed by atoms with Gasteiger partial charge in [0.1, 0.15) is 0 Å². The van der Waals surface area contributed by atoms with E-state index in [-0.39, 0.29) is 0 Å². The lowest BCUT2D eigenvalue weighted by Crippen LogP contribution is -2.04. The van der Waals surface area contributed by atoms with Crippen molar-refractivity contribution in [2.75, 3.05) is 0 Å². The van der Waals surface area contributed by atoms with Gasteiger partial charge in [-0.25, -0.2) is 0 Å². The van der Waals surface area contributed by atoms with Crippen molar-refractivity contribution < 1.29 is 0 Å². The molecule has 0 amide bonds.